The molecule has 9 nitrogen and oxygen atoms in total. The van der Waals surface area contributed by atoms with E-state index in [-0.39, 0.29) is 11.9 Å². The fourth-order valence-electron chi connectivity index (χ4n) is 3.88. The van der Waals surface area contributed by atoms with E-state index in [0.29, 0.717) is 60.3 Å². The minimum absolute atomic E-state index is 0.0351. The third-order valence-electron chi connectivity index (χ3n) is 5.34. The molecule has 33 heavy (non-hydrogen) atoms. The zero-order chi connectivity index (χ0) is 23.4. The largest absolute Gasteiger partial charge is 0.494 e. The van der Waals surface area contributed by atoms with E-state index in [9.17, 15) is 4.79 Å². The number of amides is 1. The van der Waals surface area contributed by atoms with Crippen molar-refractivity contribution in [2.24, 2.45) is 0 Å². The lowest BCUT2D eigenvalue weighted by Gasteiger charge is -2.14. The van der Waals surface area contributed by atoms with Gasteiger partial charge in [0.25, 0.3) is 0 Å². The molecule has 2 N–H and O–H groups in total. The Balaban J connectivity index is 1.73. The second kappa shape index (κ2) is 9.61. The number of nitrogens with two attached hydrogens (primary N) is 1. The van der Waals surface area contributed by atoms with Crippen LogP contribution in [0.3, 0.4) is 0 Å². The van der Waals surface area contributed by atoms with Crippen LogP contribution in [0.4, 0.5) is 5.82 Å². The van der Waals surface area contributed by atoms with Crippen molar-refractivity contribution in [1.82, 2.24) is 24.6 Å². The molecule has 3 heterocycles. The summed E-state index contributed by atoms with van der Waals surface area (Å²) in [7, 11) is 0. The highest BCUT2D eigenvalue weighted by atomic mass is 16.5. The summed E-state index contributed by atoms with van der Waals surface area (Å²) >= 11 is 0. The number of anilines is 1. The van der Waals surface area contributed by atoms with Crippen LogP contribution in [0.1, 0.15) is 37.6 Å². The molecular weight excluding hydrogens is 420 g/mol. The maximum atomic E-state index is 12.0. The summed E-state index contributed by atoms with van der Waals surface area (Å²) in [5, 5.41) is 5.32. The SMILES string of the molecule is C=CC(=O)N1CC[C@H](n2nc(C#Cc3cc(OCC)cc(OCC)c3)c3c(N)ncnc32)C1. The molecule has 0 saturated carbocycles. The Morgan fingerprint density at radius 1 is 1.21 bits per heavy atom. The van der Waals surface area contributed by atoms with Gasteiger partial charge in [0.2, 0.25) is 5.91 Å². The van der Waals surface area contributed by atoms with E-state index < -0.39 is 0 Å². The van der Waals surface area contributed by atoms with E-state index in [0.717, 1.165) is 12.0 Å². The van der Waals surface area contributed by atoms with Crippen molar-refractivity contribution in [2.45, 2.75) is 26.3 Å². The molecule has 1 aliphatic heterocycles. The lowest BCUT2D eigenvalue weighted by atomic mass is 10.2. The van der Waals surface area contributed by atoms with Crippen LogP contribution in [0.5, 0.6) is 11.5 Å². The number of ether oxygens (including phenoxy) is 2. The molecule has 1 saturated heterocycles. The average molecular weight is 447 g/mol. The second-order valence-electron chi connectivity index (χ2n) is 7.49. The molecule has 0 radical (unpaired) electrons. The normalized spacial score (nSPS) is 15.2. The summed E-state index contributed by atoms with van der Waals surface area (Å²) in [6.07, 6.45) is 3.49. The number of rotatable bonds is 6. The van der Waals surface area contributed by atoms with Crippen molar-refractivity contribution >= 4 is 22.8 Å². The Morgan fingerprint density at radius 2 is 1.94 bits per heavy atom. The monoisotopic (exact) mass is 446 g/mol. The Labute approximate surface area is 192 Å². The Morgan fingerprint density at radius 3 is 2.61 bits per heavy atom. The first-order chi connectivity index (χ1) is 16.0. The Kier molecular flexibility index (Phi) is 6.45. The van der Waals surface area contributed by atoms with Gasteiger partial charge >= 0.3 is 0 Å². The molecule has 1 fully saturated rings. The molecule has 1 aromatic carbocycles. The zero-order valence-corrected chi connectivity index (χ0v) is 18.7. The van der Waals surface area contributed by atoms with E-state index in [1.165, 1.54) is 12.4 Å². The van der Waals surface area contributed by atoms with Gasteiger partial charge in [0.15, 0.2) is 5.65 Å². The number of benzene rings is 1. The molecule has 0 bridgehead atoms. The summed E-state index contributed by atoms with van der Waals surface area (Å²) in [5.41, 5.74) is 7.98. The fourth-order valence-corrected chi connectivity index (χ4v) is 3.88. The fraction of sp³-hybridized carbons (Fsp3) is 0.333. The zero-order valence-electron chi connectivity index (χ0n) is 18.7. The molecule has 1 atom stereocenters. The second-order valence-corrected chi connectivity index (χ2v) is 7.49. The van der Waals surface area contributed by atoms with Crippen molar-refractivity contribution in [1.29, 1.82) is 0 Å². The van der Waals surface area contributed by atoms with Crippen molar-refractivity contribution in [2.75, 3.05) is 32.0 Å². The number of carbonyl (C=O) groups is 1. The van der Waals surface area contributed by atoms with Crippen LogP contribution in [-0.4, -0.2) is 56.9 Å². The highest BCUT2D eigenvalue weighted by molar-refractivity contribution is 5.91. The van der Waals surface area contributed by atoms with Gasteiger partial charge in [-0.15, -0.1) is 0 Å². The molecule has 2 aromatic heterocycles. The van der Waals surface area contributed by atoms with E-state index in [2.05, 4.69) is 28.4 Å². The van der Waals surface area contributed by atoms with Crippen molar-refractivity contribution in [3.8, 4) is 23.3 Å². The lowest BCUT2D eigenvalue weighted by Crippen LogP contribution is -2.27. The van der Waals surface area contributed by atoms with Crippen molar-refractivity contribution in [3.05, 3.63) is 48.4 Å². The first-order valence-corrected chi connectivity index (χ1v) is 10.9. The van der Waals surface area contributed by atoms with E-state index in [4.69, 9.17) is 20.3 Å². The minimum atomic E-state index is -0.0950. The van der Waals surface area contributed by atoms with Crippen LogP contribution < -0.4 is 15.2 Å². The topological polar surface area (TPSA) is 108 Å². The Bertz CT molecular complexity index is 1230. The number of nitrogens with zero attached hydrogens (tertiary/aromatic N) is 5. The van der Waals surface area contributed by atoms with Gasteiger partial charge in [-0.1, -0.05) is 12.5 Å². The Hall–Kier alpha value is -4.06. The van der Waals surface area contributed by atoms with Gasteiger partial charge in [0, 0.05) is 24.7 Å². The van der Waals surface area contributed by atoms with E-state index in [1.54, 1.807) is 9.58 Å². The van der Waals surface area contributed by atoms with Gasteiger partial charge in [0.05, 0.1) is 24.6 Å². The number of likely N-dealkylation sites (tertiary alicyclic amines) is 1. The first kappa shape index (κ1) is 22.1. The maximum Gasteiger partial charge on any atom is 0.246 e. The van der Waals surface area contributed by atoms with E-state index in [1.807, 2.05) is 32.0 Å². The molecular formula is C24H26N6O3. The molecule has 0 unspecified atom stereocenters. The molecule has 0 spiro atoms. The summed E-state index contributed by atoms with van der Waals surface area (Å²) in [4.78, 5) is 22.3. The molecule has 9 heteroatoms. The standard InChI is InChI=1S/C24H26N6O3/c1-4-21(31)29-10-9-17(14-29)30-24-22(23(25)26-15-27-24)20(28-30)8-7-16-11-18(32-5-2)13-19(12-16)33-6-3/h4,11-13,15,17H,1,5-6,9-10,14H2,2-3H3,(H2,25,26,27)/t17-/m0/s1. The predicted octanol–water partition coefficient (Wildman–Crippen LogP) is 2.57. The van der Waals surface area contributed by atoms with Crippen molar-refractivity contribution in [3.63, 3.8) is 0 Å². The number of fused-ring (bicyclic) bond motifs is 1. The van der Waals surface area contributed by atoms with Gasteiger partial charge in [-0.2, -0.15) is 5.10 Å². The van der Waals surface area contributed by atoms with Gasteiger partial charge < -0.3 is 20.1 Å². The average Bonchev–Trinajstić information content (AvgIpc) is 3.43. The molecule has 3 aromatic rings. The first-order valence-electron chi connectivity index (χ1n) is 10.9. The summed E-state index contributed by atoms with van der Waals surface area (Å²) in [6.45, 7) is 9.65. The van der Waals surface area contributed by atoms with Crippen LogP contribution in [-0.2, 0) is 4.79 Å². The minimum Gasteiger partial charge on any atom is -0.494 e. The van der Waals surface area contributed by atoms with Crippen LogP contribution in [0.25, 0.3) is 11.0 Å². The lowest BCUT2D eigenvalue weighted by molar-refractivity contribution is -0.125. The molecule has 1 aliphatic rings. The number of nitrogen functional groups attached to an aromatic ring is 1. The van der Waals surface area contributed by atoms with Gasteiger partial charge in [-0.3, -0.25) is 4.79 Å². The highest BCUT2D eigenvalue weighted by Crippen LogP contribution is 2.29. The van der Waals surface area contributed by atoms with Crippen molar-refractivity contribution < 1.29 is 14.3 Å². The van der Waals surface area contributed by atoms with Crippen LogP contribution >= 0.6 is 0 Å². The van der Waals surface area contributed by atoms with E-state index >= 15 is 0 Å². The number of carbonyl (C=O) groups excluding carboxylic acids is 1. The summed E-state index contributed by atoms with van der Waals surface area (Å²) in [6, 6.07) is 5.51. The van der Waals surface area contributed by atoms with Crippen LogP contribution in [0, 0.1) is 11.8 Å². The van der Waals surface area contributed by atoms with Crippen LogP contribution in [0.2, 0.25) is 0 Å². The van der Waals surface area contributed by atoms with Crippen LogP contribution in [0.15, 0.2) is 37.2 Å². The molecule has 1 amide bonds. The quantitative estimate of drug-likeness (QED) is 0.458. The number of hydrogen-bond donors (Lipinski definition) is 1. The highest BCUT2D eigenvalue weighted by Gasteiger charge is 2.29. The predicted molar refractivity (Wildman–Crippen MR) is 125 cm³/mol. The summed E-state index contributed by atoms with van der Waals surface area (Å²) < 4.78 is 13.1. The van der Waals surface area contributed by atoms with Gasteiger partial charge in [-0.25, -0.2) is 14.6 Å². The van der Waals surface area contributed by atoms with Gasteiger partial charge in [0.1, 0.15) is 29.3 Å². The number of hydrogen-bond acceptors (Lipinski definition) is 7. The summed E-state index contributed by atoms with van der Waals surface area (Å²) in [5.74, 6) is 7.85. The smallest absolute Gasteiger partial charge is 0.246 e. The molecule has 170 valence electrons. The van der Waals surface area contributed by atoms with Gasteiger partial charge in [-0.05, 0) is 44.4 Å². The number of aromatic nitrogens is 4. The third-order valence-corrected chi connectivity index (χ3v) is 5.34. The third kappa shape index (κ3) is 4.60. The molecule has 4 rings (SSSR count). The molecule has 0 aliphatic carbocycles. The maximum absolute atomic E-state index is 12.0.